The number of hydrogen-bond donors (Lipinski definition) is 1. The molecular formula is C12H11ClN2O. The first-order valence-electron chi connectivity index (χ1n) is 4.81. The fourth-order valence-electron chi connectivity index (χ4n) is 1.29. The highest BCUT2D eigenvalue weighted by molar-refractivity contribution is 6.33. The van der Waals surface area contributed by atoms with Crippen LogP contribution in [0, 0.1) is 0 Å². The number of methoxy groups -OCH3 is 1. The number of nitrogens with one attached hydrogen (secondary N) is 1. The molecule has 2 aromatic rings. The summed E-state index contributed by atoms with van der Waals surface area (Å²) in [4.78, 5) is 4.14. The molecule has 0 radical (unpaired) electrons. The minimum absolute atomic E-state index is 0.596. The molecule has 1 aromatic carbocycles. The van der Waals surface area contributed by atoms with Crippen LogP contribution in [0.15, 0.2) is 42.6 Å². The normalized spacial score (nSPS) is 9.88. The summed E-state index contributed by atoms with van der Waals surface area (Å²) in [7, 11) is 1.64. The van der Waals surface area contributed by atoms with Gasteiger partial charge in [0.15, 0.2) is 0 Å². The molecule has 0 unspecified atom stereocenters. The van der Waals surface area contributed by atoms with Crippen LogP contribution in [0.5, 0.6) is 5.75 Å². The SMILES string of the molecule is COc1ccc(Nc2ncccc2Cl)cc1. The molecule has 1 N–H and O–H groups in total. The molecule has 2 rings (SSSR count). The van der Waals surface area contributed by atoms with E-state index in [4.69, 9.17) is 16.3 Å². The van der Waals surface area contributed by atoms with Crippen molar-refractivity contribution in [3.8, 4) is 5.75 Å². The molecule has 4 heteroatoms. The summed E-state index contributed by atoms with van der Waals surface area (Å²) in [5.41, 5.74) is 0.918. The summed E-state index contributed by atoms with van der Waals surface area (Å²) in [6.07, 6.45) is 1.69. The number of halogens is 1. The van der Waals surface area contributed by atoms with E-state index in [9.17, 15) is 0 Å². The molecule has 0 saturated carbocycles. The molecule has 3 nitrogen and oxygen atoms in total. The summed E-state index contributed by atoms with van der Waals surface area (Å²) < 4.78 is 5.07. The third-order valence-electron chi connectivity index (χ3n) is 2.11. The zero-order valence-corrected chi connectivity index (χ0v) is 9.53. The zero-order valence-electron chi connectivity index (χ0n) is 8.77. The average Bonchev–Trinajstić information content (AvgIpc) is 2.33. The first-order valence-corrected chi connectivity index (χ1v) is 5.19. The average molecular weight is 235 g/mol. The van der Waals surface area contributed by atoms with E-state index < -0.39 is 0 Å². The van der Waals surface area contributed by atoms with Gasteiger partial charge in [0.2, 0.25) is 0 Å². The summed E-state index contributed by atoms with van der Waals surface area (Å²) >= 11 is 5.98. The topological polar surface area (TPSA) is 34.1 Å². The number of nitrogens with zero attached hydrogens (tertiary/aromatic N) is 1. The molecule has 0 aliphatic heterocycles. The van der Waals surface area contributed by atoms with Crippen molar-refractivity contribution < 1.29 is 4.74 Å². The molecule has 0 aliphatic carbocycles. The molecule has 0 saturated heterocycles. The van der Waals surface area contributed by atoms with Crippen molar-refractivity contribution in [1.29, 1.82) is 0 Å². The van der Waals surface area contributed by atoms with Gasteiger partial charge in [0.05, 0.1) is 12.1 Å². The molecular weight excluding hydrogens is 224 g/mol. The zero-order chi connectivity index (χ0) is 11.4. The third-order valence-corrected chi connectivity index (χ3v) is 2.42. The van der Waals surface area contributed by atoms with Gasteiger partial charge in [0.1, 0.15) is 11.6 Å². The van der Waals surface area contributed by atoms with Crippen LogP contribution in [-0.4, -0.2) is 12.1 Å². The van der Waals surface area contributed by atoms with Crippen molar-refractivity contribution in [3.63, 3.8) is 0 Å². The van der Waals surface area contributed by atoms with Crippen LogP contribution in [0.2, 0.25) is 5.02 Å². The maximum Gasteiger partial charge on any atom is 0.149 e. The summed E-state index contributed by atoms with van der Waals surface area (Å²) in [6, 6.07) is 11.1. The van der Waals surface area contributed by atoms with E-state index in [0.29, 0.717) is 10.8 Å². The second-order valence-corrected chi connectivity index (χ2v) is 3.59. The highest BCUT2D eigenvalue weighted by Crippen LogP contribution is 2.23. The van der Waals surface area contributed by atoms with Gasteiger partial charge in [-0.25, -0.2) is 4.98 Å². The van der Waals surface area contributed by atoms with Crippen molar-refractivity contribution in [2.45, 2.75) is 0 Å². The van der Waals surface area contributed by atoms with Crippen LogP contribution in [0.1, 0.15) is 0 Å². The highest BCUT2D eigenvalue weighted by atomic mass is 35.5. The monoisotopic (exact) mass is 234 g/mol. The Hall–Kier alpha value is -1.74. The Morgan fingerprint density at radius 1 is 1.19 bits per heavy atom. The molecule has 1 aromatic heterocycles. The van der Waals surface area contributed by atoms with Crippen LogP contribution in [0.25, 0.3) is 0 Å². The Morgan fingerprint density at radius 3 is 2.56 bits per heavy atom. The van der Waals surface area contributed by atoms with Gasteiger partial charge in [0, 0.05) is 11.9 Å². The van der Waals surface area contributed by atoms with E-state index >= 15 is 0 Å². The number of aromatic nitrogens is 1. The van der Waals surface area contributed by atoms with Crippen molar-refractivity contribution >= 4 is 23.1 Å². The van der Waals surface area contributed by atoms with Crippen molar-refractivity contribution in [2.75, 3.05) is 12.4 Å². The fourth-order valence-corrected chi connectivity index (χ4v) is 1.46. The van der Waals surface area contributed by atoms with Gasteiger partial charge in [-0.1, -0.05) is 11.6 Å². The molecule has 0 spiro atoms. The molecule has 0 atom stereocenters. The lowest BCUT2D eigenvalue weighted by molar-refractivity contribution is 0.415. The number of rotatable bonds is 3. The molecule has 0 fully saturated rings. The molecule has 1 heterocycles. The minimum atomic E-state index is 0.596. The van der Waals surface area contributed by atoms with Gasteiger partial charge in [-0.3, -0.25) is 0 Å². The number of ether oxygens (including phenoxy) is 1. The van der Waals surface area contributed by atoms with E-state index in [2.05, 4.69) is 10.3 Å². The Morgan fingerprint density at radius 2 is 1.94 bits per heavy atom. The van der Waals surface area contributed by atoms with Crippen molar-refractivity contribution in [1.82, 2.24) is 4.98 Å². The molecule has 16 heavy (non-hydrogen) atoms. The predicted octanol–water partition coefficient (Wildman–Crippen LogP) is 3.49. The molecule has 0 aliphatic rings. The van der Waals surface area contributed by atoms with Crippen LogP contribution >= 0.6 is 11.6 Å². The maximum atomic E-state index is 5.98. The van der Waals surface area contributed by atoms with E-state index in [0.717, 1.165) is 11.4 Å². The number of benzene rings is 1. The van der Waals surface area contributed by atoms with Crippen molar-refractivity contribution in [3.05, 3.63) is 47.6 Å². The molecule has 82 valence electrons. The Balaban J connectivity index is 2.18. The molecule has 0 amide bonds. The van der Waals surface area contributed by atoms with Crippen LogP contribution < -0.4 is 10.1 Å². The van der Waals surface area contributed by atoms with Crippen LogP contribution in [-0.2, 0) is 0 Å². The number of hydrogen-bond acceptors (Lipinski definition) is 3. The first kappa shape index (κ1) is 10.8. The quantitative estimate of drug-likeness (QED) is 0.883. The lowest BCUT2D eigenvalue weighted by Gasteiger charge is -2.07. The second-order valence-electron chi connectivity index (χ2n) is 3.19. The minimum Gasteiger partial charge on any atom is -0.497 e. The van der Waals surface area contributed by atoms with Gasteiger partial charge < -0.3 is 10.1 Å². The van der Waals surface area contributed by atoms with Crippen molar-refractivity contribution in [2.24, 2.45) is 0 Å². The summed E-state index contributed by atoms with van der Waals surface area (Å²) in [5.74, 6) is 1.46. The van der Waals surface area contributed by atoms with E-state index in [1.165, 1.54) is 0 Å². The lowest BCUT2D eigenvalue weighted by atomic mass is 10.3. The van der Waals surface area contributed by atoms with Crippen LogP contribution in [0.4, 0.5) is 11.5 Å². The summed E-state index contributed by atoms with van der Waals surface area (Å²) in [6.45, 7) is 0. The van der Waals surface area contributed by atoms with Gasteiger partial charge in [-0.15, -0.1) is 0 Å². The summed E-state index contributed by atoms with van der Waals surface area (Å²) in [5, 5.41) is 3.72. The standard InChI is InChI=1S/C12H11ClN2O/c1-16-10-6-4-9(5-7-10)15-12-11(13)3-2-8-14-12/h2-8H,1H3,(H,14,15). The fraction of sp³-hybridized carbons (Fsp3) is 0.0833. The molecule has 0 bridgehead atoms. The van der Waals surface area contributed by atoms with E-state index in [1.54, 1.807) is 25.4 Å². The van der Waals surface area contributed by atoms with Crippen LogP contribution in [0.3, 0.4) is 0 Å². The van der Waals surface area contributed by atoms with Gasteiger partial charge in [0.25, 0.3) is 0 Å². The smallest absolute Gasteiger partial charge is 0.149 e. The van der Waals surface area contributed by atoms with Gasteiger partial charge in [-0.05, 0) is 36.4 Å². The Bertz CT molecular complexity index is 471. The first-order chi connectivity index (χ1) is 7.79. The third kappa shape index (κ3) is 2.44. The highest BCUT2D eigenvalue weighted by Gasteiger charge is 2.00. The largest absolute Gasteiger partial charge is 0.497 e. The lowest BCUT2D eigenvalue weighted by Crippen LogP contribution is -1.93. The van der Waals surface area contributed by atoms with E-state index in [1.807, 2.05) is 24.3 Å². The second kappa shape index (κ2) is 4.86. The number of pyridine rings is 1. The Labute approximate surface area is 99.0 Å². The van der Waals surface area contributed by atoms with Gasteiger partial charge >= 0.3 is 0 Å². The Kier molecular flexibility index (Phi) is 3.27. The van der Waals surface area contributed by atoms with Gasteiger partial charge in [-0.2, -0.15) is 0 Å². The maximum absolute atomic E-state index is 5.98. The predicted molar refractivity (Wildman–Crippen MR) is 65.5 cm³/mol. The number of anilines is 2. The van der Waals surface area contributed by atoms with E-state index in [-0.39, 0.29) is 0 Å².